The van der Waals surface area contributed by atoms with E-state index in [0.717, 1.165) is 18.4 Å². The molecule has 0 spiro atoms. The van der Waals surface area contributed by atoms with Gasteiger partial charge in [0.1, 0.15) is 0 Å². The topological polar surface area (TPSA) is 54.2 Å². The second-order valence-corrected chi connectivity index (χ2v) is 6.87. The molecule has 0 radical (unpaired) electrons. The molecule has 1 saturated carbocycles. The lowest BCUT2D eigenvalue weighted by Gasteiger charge is -2.30. The van der Waals surface area contributed by atoms with Gasteiger partial charge in [-0.1, -0.05) is 30.5 Å². The molecule has 0 atom stereocenters. The third kappa shape index (κ3) is 4.58. The van der Waals surface area contributed by atoms with Crippen LogP contribution in [-0.2, 0) is 6.54 Å². The molecule has 1 heterocycles. The first-order valence-corrected chi connectivity index (χ1v) is 9.19. The number of rotatable bonds is 6. The summed E-state index contributed by atoms with van der Waals surface area (Å²) in [6.07, 6.45) is 6.52. The van der Waals surface area contributed by atoms with Crippen LogP contribution >= 0.6 is 23.8 Å². The number of benzene rings is 1. The molecule has 1 aromatic carbocycles. The first-order chi connectivity index (χ1) is 12.2. The van der Waals surface area contributed by atoms with Gasteiger partial charge in [-0.25, -0.2) is 0 Å². The van der Waals surface area contributed by atoms with Crippen molar-refractivity contribution in [2.24, 2.45) is 0 Å². The molecule has 0 saturated heterocycles. The van der Waals surface area contributed by atoms with Crippen LogP contribution < -0.4 is 5.32 Å². The molecule has 0 unspecified atom stereocenters. The van der Waals surface area contributed by atoms with E-state index in [9.17, 15) is 0 Å². The van der Waals surface area contributed by atoms with Crippen LogP contribution in [-0.4, -0.2) is 32.8 Å². The fraction of sp³-hybridized carbons (Fsp3) is 0.389. The molecule has 7 heteroatoms. The van der Waals surface area contributed by atoms with Gasteiger partial charge in [-0.2, -0.15) is 0 Å². The summed E-state index contributed by atoms with van der Waals surface area (Å²) >= 11 is 11.5. The van der Waals surface area contributed by atoms with Crippen LogP contribution in [0.5, 0.6) is 0 Å². The molecule has 2 aromatic rings. The zero-order chi connectivity index (χ0) is 17.6. The van der Waals surface area contributed by atoms with Crippen molar-refractivity contribution in [2.75, 3.05) is 6.54 Å². The van der Waals surface area contributed by atoms with Crippen LogP contribution in [0, 0.1) is 0 Å². The highest BCUT2D eigenvalue weighted by Gasteiger charge is 2.26. The Balaban J connectivity index is 1.73. The molecule has 1 fully saturated rings. The molecule has 132 valence electrons. The van der Waals surface area contributed by atoms with Crippen molar-refractivity contribution in [3.05, 3.63) is 47.8 Å². The number of aromatic nitrogens is 2. The molecule has 1 aliphatic rings. The van der Waals surface area contributed by atoms with Gasteiger partial charge in [-0.15, -0.1) is 16.8 Å². The normalized spacial score (nSPS) is 14.4. The van der Waals surface area contributed by atoms with E-state index in [1.807, 2.05) is 12.1 Å². The molecule has 3 rings (SSSR count). The van der Waals surface area contributed by atoms with Crippen molar-refractivity contribution < 1.29 is 4.42 Å². The highest BCUT2D eigenvalue weighted by molar-refractivity contribution is 7.80. The fourth-order valence-electron chi connectivity index (χ4n) is 3.02. The zero-order valence-electron chi connectivity index (χ0n) is 13.9. The predicted octanol–water partition coefficient (Wildman–Crippen LogP) is 4.20. The lowest BCUT2D eigenvalue weighted by molar-refractivity contribution is 0.276. The van der Waals surface area contributed by atoms with Crippen LogP contribution in [0.4, 0.5) is 0 Å². The maximum atomic E-state index is 5.92. The molecule has 0 aliphatic heterocycles. The van der Waals surface area contributed by atoms with Gasteiger partial charge in [0, 0.05) is 23.2 Å². The first kappa shape index (κ1) is 17.9. The van der Waals surface area contributed by atoms with Crippen molar-refractivity contribution >= 4 is 28.9 Å². The van der Waals surface area contributed by atoms with Gasteiger partial charge in [0.05, 0.1) is 6.54 Å². The minimum absolute atomic E-state index is 0.413. The second kappa shape index (κ2) is 8.45. The number of nitrogens with zero attached hydrogens (tertiary/aromatic N) is 3. The number of thiocarbonyl (C=S) groups is 1. The van der Waals surface area contributed by atoms with Gasteiger partial charge < -0.3 is 14.6 Å². The van der Waals surface area contributed by atoms with Gasteiger partial charge in [-0.3, -0.25) is 0 Å². The average Bonchev–Trinajstić information content (AvgIpc) is 3.30. The van der Waals surface area contributed by atoms with Gasteiger partial charge >= 0.3 is 0 Å². The Morgan fingerprint density at radius 1 is 1.32 bits per heavy atom. The molecule has 1 aliphatic carbocycles. The molecule has 0 bridgehead atoms. The predicted molar refractivity (Wildman–Crippen MR) is 103 cm³/mol. The van der Waals surface area contributed by atoms with E-state index >= 15 is 0 Å². The summed E-state index contributed by atoms with van der Waals surface area (Å²) in [5.74, 6) is 1.04. The molecule has 1 N–H and O–H groups in total. The molecular weight excluding hydrogens is 356 g/mol. The third-order valence-corrected chi connectivity index (χ3v) is 4.92. The van der Waals surface area contributed by atoms with Crippen molar-refractivity contribution in [1.82, 2.24) is 20.4 Å². The Labute approximate surface area is 158 Å². The number of hydrogen-bond acceptors (Lipinski definition) is 4. The third-order valence-electron chi connectivity index (χ3n) is 4.29. The number of hydrogen-bond donors (Lipinski definition) is 1. The largest absolute Gasteiger partial charge is 0.419 e. The first-order valence-electron chi connectivity index (χ1n) is 8.41. The molecule has 5 nitrogen and oxygen atoms in total. The van der Waals surface area contributed by atoms with Crippen molar-refractivity contribution in [3.63, 3.8) is 0 Å². The SMILES string of the molecule is C=CCNC(=S)N(Cc1nnc(-c2ccc(Cl)cc2)o1)C1CCCC1. The van der Waals surface area contributed by atoms with Crippen LogP contribution in [0.2, 0.25) is 5.02 Å². The minimum atomic E-state index is 0.413. The standard InChI is InChI=1S/C18H21ClN4OS/c1-2-11-20-18(25)23(15-5-3-4-6-15)12-16-21-22-17(24-16)13-7-9-14(19)10-8-13/h2,7-10,15H,1,3-6,11-12H2,(H,20,25). The minimum Gasteiger partial charge on any atom is -0.419 e. The Hall–Kier alpha value is -1.92. The fourth-order valence-corrected chi connectivity index (χ4v) is 3.44. The van der Waals surface area contributed by atoms with E-state index in [2.05, 4.69) is 27.0 Å². The maximum absolute atomic E-state index is 5.92. The smallest absolute Gasteiger partial charge is 0.247 e. The number of halogens is 1. The highest BCUT2D eigenvalue weighted by atomic mass is 35.5. The van der Waals surface area contributed by atoms with E-state index in [0.29, 0.717) is 41.0 Å². The van der Waals surface area contributed by atoms with E-state index in [1.54, 1.807) is 18.2 Å². The highest BCUT2D eigenvalue weighted by Crippen LogP contribution is 2.26. The Kier molecular flexibility index (Phi) is 6.04. The van der Waals surface area contributed by atoms with E-state index in [4.69, 9.17) is 28.2 Å². The van der Waals surface area contributed by atoms with Gasteiger partial charge in [-0.05, 0) is 49.3 Å². The Bertz CT molecular complexity index is 725. The van der Waals surface area contributed by atoms with Gasteiger partial charge in [0.25, 0.3) is 0 Å². The average molecular weight is 377 g/mol. The summed E-state index contributed by atoms with van der Waals surface area (Å²) in [4.78, 5) is 2.16. The van der Waals surface area contributed by atoms with E-state index in [1.165, 1.54) is 12.8 Å². The quantitative estimate of drug-likeness (QED) is 0.602. The van der Waals surface area contributed by atoms with Crippen molar-refractivity contribution in [3.8, 4) is 11.5 Å². The van der Waals surface area contributed by atoms with Gasteiger partial charge in [0.2, 0.25) is 11.8 Å². The monoisotopic (exact) mass is 376 g/mol. The zero-order valence-corrected chi connectivity index (χ0v) is 15.5. The van der Waals surface area contributed by atoms with Crippen molar-refractivity contribution in [2.45, 2.75) is 38.3 Å². The molecular formula is C18H21ClN4OS. The molecule has 0 amide bonds. The van der Waals surface area contributed by atoms with Crippen LogP contribution in [0.1, 0.15) is 31.6 Å². The lowest BCUT2D eigenvalue weighted by atomic mass is 10.2. The summed E-state index contributed by atoms with van der Waals surface area (Å²) in [6.45, 7) is 4.87. The summed E-state index contributed by atoms with van der Waals surface area (Å²) < 4.78 is 5.84. The van der Waals surface area contributed by atoms with Crippen molar-refractivity contribution in [1.29, 1.82) is 0 Å². The Morgan fingerprint density at radius 2 is 2.04 bits per heavy atom. The number of nitrogens with one attached hydrogen (secondary N) is 1. The van der Waals surface area contributed by atoms with E-state index in [-0.39, 0.29) is 0 Å². The summed E-state index contributed by atoms with van der Waals surface area (Å²) in [5, 5.41) is 12.9. The summed E-state index contributed by atoms with van der Waals surface area (Å²) in [7, 11) is 0. The maximum Gasteiger partial charge on any atom is 0.247 e. The van der Waals surface area contributed by atoms with Crippen LogP contribution in [0.25, 0.3) is 11.5 Å². The molecule has 25 heavy (non-hydrogen) atoms. The van der Waals surface area contributed by atoms with E-state index < -0.39 is 0 Å². The van der Waals surface area contributed by atoms with Crippen LogP contribution in [0.15, 0.2) is 41.3 Å². The Morgan fingerprint density at radius 3 is 2.72 bits per heavy atom. The van der Waals surface area contributed by atoms with Gasteiger partial charge in [0.15, 0.2) is 5.11 Å². The molecule has 1 aromatic heterocycles. The second-order valence-electron chi connectivity index (χ2n) is 6.05. The summed E-state index contributed by atoms with van der Waals surface area (Å²) in [5.41, 5.74) is 0.850. The lowest BCUT2D eigenvalue weighted by Crippen LogP contribution is -2.44. The summed E-state index contributed by atoms with van der Waals surface area (Å²) in [6, 6.07) is 7.76. The van der Waals surface area contributed by atoms with Crippen LogP contribution in [0.3, 0.4) is 0 Å².